The first kappa shape index (κ1) is 32.6. The van der Waals surface area contributed by atoms with Crippen LogP contribution in [0.5, 0.6) is 5.75 Å². The molecular weight excluding hydrogens is 558 g/mol. The number of fused-ring (bicyclic) bond motifs is 1. The summed E-state index contributed by atoms with van der Waals surface area (Å²) in [6.45, 7) is 7.85. The number of aromatic nitrogens is 2. The van der Waals surface area contributed by atoms with E-state index >= 15 is 0 Å². The minimum absolute atomic E-state index is 0. The zero-order valence-electron chi connectivity index (χ0n) is 24.9. The second kappa shape index (κ2) is 13.8. The van der Waals surface area contributed by atoms with Crippen molar-refractivity contribution in [2.75, 3.05) is 31.3 Å². The Morgan fingerprint density at radius 1 is 1.10 bits per heavy atom. The standard InChI is InChI=1S/C30H39N7O4.ClH/c1-18(31-5)27(38)36-25(30(2,3)4)29(40)37-14-10-13-23(37)28(39)35-22-15-20-21(16-24(22)41-6)32-17-33-26(20)34-19-11-8-7-9-12-19;/h7-9,11-12,15-18,23,25,31H,10,13-14H2,1-6H3,(H,35,39)(H,36,38)(H,32,33,34);1H. The number of amides is 3. The number of benzene rings is 2. The molecule has 12 heteroatoms. The Morgan fingerprint density at radius 2 is 1.81 bits per heavy atom. The smallest absolute Gasteiger partial charge is 0.247 e. The predicted octanol–water partition coefficient (Wildman–Crippen LogP) is 3.87. The molecule has 0 radical (unpaired) electrons. The number of nitrogens with zero attached hydrogens (tertiary/aromatic N) is 3. The molecule has 4 rings (SSSR count). The van der Waals surface area contributed by atoms with Crippen LogP contribution in [0.15, 0.2) is 48.8 Å². The van der Waals surface area contributed by atoms with Gasteiger partial charge in [0.05, 0.1) is 24.4 Å². The zero-order valence-corrected chi connectivity index (χ0v) is 25.7. The topological polar surface area (TPSA) is 138 Å². The van der Waals surface area contributed by atoms with Crippen molar-refractivity contribution in [1.82, 2.24) is 25.5 Å². The van der Waals surface area contributed by atoms with E-state index in [9.17, 15) is 14.4 Å². The lowest BCUT2D eigenvalue weighted by Crippen LogP contribution is -2.59. The van der Waals surface area contributed by atoms with Crippen LogP contribution in [-0.4, -0.2) is 71.4 Å². The van der Waals surface area contributed by atoms with Gasteiger partial charge in [-0.3, -0.25) is 14.4 Å². The molecule has 0 bridgehead atoms. The van der Waals surface area contributed by atoms with Crippen molar-refractivity contribution < 1.29 is 19.1 Å². The SMILES string of the molecule is CNC(C)C(=O)NC(C(=O)N1CCCC1C(=O)Nc1cc2c(Nc3ccccc3)ncnc2cc1OC)C(C)(C)C.Cl. The summed E-state index contributed by atoms with van der Waals surface area (Å²) in [5.74, 6) is 0.137. The molecule has 1 fully saturated rings. The third kappa shape index (κ3) is 7.27. The summed E-state index contributed by atoms with van der Waals surface area (Å²) >= 11 is 0. The van der Waals surface area contributed by atoms with Crippen LogP contribution in [0, 0.1) is 5.41 Å². The van der Waals surface area contributed by atoms with Gasteiger partial charge < -0.3 is 30.9 Å². The van der Waals surface area contributed by atoms with Crippen molar-refractivity contribution in [1.29, 1.82) is 0 Å². The Bertz CT molecular complexity index is 1410. The maximum Gasteiger partial charge on any atom is 0.247 e. The molecular formula is C30H40ClN7O4. The first-order valence-electron chi connectivity index (χ1n) is 13.8. The first-order valence-corrected chi connectivity index (χ1v) is 13.8. The summed E-state index contributed by atoms with van der Waals surface area (Å²) in [7, 11) is 3.21. The Morgan fingerprint density at radius 3 is 2.45 bits per heavy atom. The second-order valence-electron chi connectivity index (χ2n) is 11.3. The highest BCUT2D eigenvalue weighted by Gasteiger charge is 2.42. The third-order valence-electron chi connectivity index (χ3n) is 7.32. The van der Waals surface area contributed by atoms with E-state index in [0.29, 0.717) is 47.5 Å². The number of halogens is 1. The molecule has 3 atom stereocenters. The van der Waals surface area contributed by atoms with Gasteiger partial charge in [0.15, 0.2) is 0 Å². The number of methoxy groups -OCH3 is 1. The van der Waals surface area contributed by atoms with E-state index in [1.807, 2.05) is 51.1 Å². The quantitative estimate of drug-likeness (QED) is 0.292. The van der Waals surface area contributed by atoms with E-state index in [1.54, 1.807) is 31.0 Å². The summed E-state index contributed by atoms with van der Waals surface area (Å²) < 4.78 is 5.58. The monoisotopic (exact) mass is 597 g/mol. The van der Waals surface area contributed by atoms with E-state index in [1.165, 1.54) is 13.4 Å². The molecule has 4 N–H and O–H groups in total. The maximum absolute atomic E-state index is 13.8. The maximum atomic E-state index is 13.8. The fourth-order valence-corrected chi connectivity index (χ4v) is 4.84. The van der Waals surface area contributed by atoms with Gasteiger partial charge in [-0.1, -0.05) is 39.0 Å². The normalized spacial score (nSPS) is 16.2. The van der Waals surface area contributed by atoms with Crippen molar-refractivity contribution in [3.63, 3.8) is 0 Å². The van der Waals surface area contributed by atoms with Crippen molar-refractivity contribution in [3.8, 4) is 5.75 Å². The molecule has 2 heterocycles. The van der Waals surface area contributed by atoms with Gasteiger partial charge in [-0.2, -0.15) is 0 Å². The molecule has 226 valence electrons. The lowest BCUT2D eigenvalue weighted by Gasteiger charge is -2.36. The average Bonchev–Trinajstić information content (AvgIpc) is 3.45. The molecule has 2 aromatic carbocycles. The van der Waals surface area contributed by atoms with Crippen molar-refractivity contribution in [3.05, 3.63) is 48.8 Å². The van der Waals surface area contributed by atoms with Crippen LogP contribution < -0.4 is 26.0 Å². The molecule has 42 heavy (non-hydrogen) atoms. The minimum Gasteiger partial charge on any atom is -0.494 e. The van der Waals surface area contributed by atoms with Gasteiger partial charge >= 0.3 is 0 Å². The van der Waals surface area contributed by atoms with Gasteiger partial charge in [-0.25, -0.2) is 9.97 Å². The van der Waals surface area contributed by atoms with Crippen LogP contribution in [0.1, 0.15) is 40.5 Å². The number of anilines is 3. The summed E-state index contributed by atoms with van der Waals surface area (Å²) in [5, 5.41) is 12.8. The second-order valence-corrected chi connectivity index (χ2v) is 11.3. The van der Waals surface area contributed by atoms with E-state index in [4.69, 9.17) is 4.74 Å². The highest BCUT2D eigenvalue weighted by Crippen LogP contribution is 2.34. The van der Waals surface area contributed by atoms with Crippen LogP contribution >= 0.6 is 12.4 Å². The molecule has 1 saturated heterocycles. The van der Waals surface area contributed by atoms with Gasteiger partial charge in [-0.15, -0.1) is 12.4 Å². The average molecular weight is 598 g/mol. The fraction of sp³-hybridized carbons (Fsp3) is 0.433. The van der Waals surface area contributed by atoms with Gasteiger partial charge in [0.1, 0.15) is 30.0 Å². The van der Waals surface area contributed by atoms with E-state index in [2.05, 4.69) is 31.2 Å². The number of para-hydroxylation sites is 1. The highest BCUT2D eigenvalue weighted by atomic mass is 35.5. The first-order chi connectivity index (χ1) is 19.5. The molecule has 1 aliphatic rings. The molecule has 0 spiro atoms. The predicted molar refractivity (Wildman–Crippen MR) is 166 cm³/mol. The molecule has 11 nitrogen and oxygen atoms in total. The van der Waals surface area contributed by atoms with Crippen molar-refractivity contribution >= 4 is 58.2 Å². The number of likely N-dealkylation sites (tertiary alicyclic amines) is 1. The third-order valence-corrected chi connectivity index (χ3v) is 7.32. The number of carbonyl (C=O) groups excluding carboxylic acids is 3. The van der Waals surface area contributed by atoms with Crippen LogP contribution in [0.4, 0.5) is 17.2 Å². The molecule has 3 amide bonds. The van der Waals surface area contributed by atoms with Gasteiger partial charge in [0.2, 0.25) is 17.7 Å². The number of hydrogen-bond acceptors (Lipinski definition) is 8. The number of hydrogen-bond donors (Lipinski definition) is 4. The molecule has 0 aliphatic carbocycles. The van der Waals surface area contributed by atoms with E-state index < -0.39 is 23.5 Å². The largest absolute Gasteiger partial charge is 0.494 e. The molecule has 1 aliphatic heterocycles. The number of ether oxygens (including phenoxy) is 1. The number of rotatable bonds is 9. The van der Waals surface area contributed by atoms with Gasteiger partial charge in [-0.05, 0) is 50.4 Å². The van der Waals surface area contributed by atoms with Crippen LogP contribution in [0.3, 0.4) is 0 Å². The molecule has 1 aromatic heterocycles. The van der Waals surface area contributed by atoms with Crippen LogP contribution in [0.2, 0.25) is 0 Å². The Labute approximate surface area is 252 Å². The Kier molecular flexibility index (Phi) is 10.7. The van der Waals surface area contributed by atoms with Crippen LogP contribution in [0.25, 0.3) is 10.9 Å². The lowest BCUT2D eigenvalue weighted by molar-refractivity contribution is -0.143. The molecule has 0 saturated carbocycles. The minimum atomic E-state index is -0.793. The number of likely N-dealkylation sites (N-methyl/N-ethyl adjacent to an activating group) is 1. The number of carbonyl (C=O) groups is 3. The van der Waals surface area contributed by atoms with E-state index in [-0.39, 0.29) is 30.1 Å². The van der Waals surface area contributed by atoms with Gasteiger partial charge in [0.25, 0.3) is 0 Å². The fourth-order valence-electron chi connectivity index (χ4n) is 4.84. The number of nitrogens with one attached hydrogen (secondary N) is 4. The summed E-state index contributed by atoms with van der Waals surface area (Å²) in [5.41, 5.74) is 1.39. The van der Waals surface area contributed by atoms with Crippen molar-refractivity contribution in [2.24, 2.45) is 5.41 Å². The Hall–Kier alpha value is -3.96. The summed E-state index contributed by atoms with van der Waals surface area (Å²) in [4.78, 5) is 50.5. The summed E-state index contributed by atoms with van der Waals surface area (Å²) in [6.07, 6.45) is 2.65. The zero-order chi connectivity index (χ0) is 29.7. The summed E-state index contributed by atoms with van der Waals surface area (Å²) in [6, 6.07) is 11.2. The molecule has 3 aromatic rings. The van der Waals surface area contributed by atoms with Crippen LogP contribution in [-0.2, 0) is 14.4 Å². The Balaban J connectivity index is 0.00000484. The van der Waals surface area contributed by atoms with E-state index in [0.717, 1.165) is 5.69 Å². The highest BCUT2D eigenvalue weighted by molar-refractivity contribution is 6.03. The molecule has 3 unspecified atom stereocenters. The lowest BCUT2D eigenvalue weighted by atomic mass is 9.85. The van der Waals surface area contributed by atoms with Crippen molar-refractivity contribution in [2.45, 2.75) is 58.7 Å². The van der Waals surface area contributed by atoms with Gasteiger partial charge in [0, 0.05) is 23.7 Å².